The summed E-state index contributed by atoms with van der Waals surface area (Å²) in [5.74, 6) is 0. The summed E-state index contributed by atoms with van der Waals surface area (Å²) >= 11 is 0. The Bertz CT molecular complexity index is 148. The van der Waals surface area contributed by atoms with E-state index in [1.54, 1.807) is 0 Å². The van der Waals surface area contributed by atoms with Gasteiger partial charge in [-0.05, 0) is 0 Å². The third-order valence-electron chi connectivity index (χ3n) is 1.64. The van der Waals surface area contributed by atoms with E-state index in [4.69, 9.17) is 15.3 Å². The Kier molecular flexibility index (Phi) is 6.01. The van der Waals surface area contributed by atoms with Gasteiger partial charge in [0.05, 0.1) is 13.2 Å². The van der Waals surface area contributed by atoms with Gasteiger partial charge in [-0.1, -0.05) is 0 Å². The number of hydrogen-bond donors (Lipinski definition) is 3. The maximum Gasteiger partial charge on any atom is 0.415 e. The molecule has 0 aliphatic heterocycles. The SMILES string of the molecule is OCCN(CCO)CC(O)C(F)(F)F. The molecule has 0 heterocycles. The molecule has 1 unspecified atom stereocenters. The van der Waals surface area contributed by atoms with Gasteiger partial charge >= 0.3 is 6.18 Å². The van der Waals surface area contributed by atoms with Crippen molar-refractivity contribution in [3.05, 3.63) is 0 Å². The van der Waals surface area contributed by atoms with Crippen LogP contribution in [0.3, 0.4) is 0 Å². The number of nitrogens with zero attached hydrogens (tertiary/aromatic N) is 1. The number of hydrogen-bond acceptors (Lipinski definition) is 4. The second-order valence-electron chi connectivity index (χ2n) is 2.81. The van der Waals surface area contributed by atoms with Gasteiger partial charge in [-0.3, -0.25) is 4.90 Å². The standard InChI is InChI=1S/C7H14F3NO3/c8-7(9,10)6(14)5-11(1-3-12)2-4-13/h6,12-14H,1-5H2. The van der Waals surface area contributed by atoms with Crippen LogP contribution in [-0.2, 0) is 0 Å². The molecule has 0 aromatic heterocycles. The van der Waals surface area contributed by atoms with Gasteiger partial charge in [0.25, 0.3) is 0 Å². The van der Waals surface area contributed by atoms with Crippen molar-refractivity contribution < 1.29 is 28.5 Å². The monoisotopic (exact) mass is 217 g/mol. The lowest BCUT2D eigenvalue weighted by Gasteiger charge is -2.24. The molecule has 1 atom stereocenters. The predicted octanol–water partition coefficient (Wildman–Crippen LogP) is -0.804. The third kappa shape index (κ3) is 5.38. The highest BCUT2D eigenvalue weighted by atomic mass is 19.4. The summed E-state index contributed by atoms with van der Waals surface area (Å²) < 4.78 is 35.7. The molecular formula is C7H14F3NO3. The fourth-order valence-electron chi connectivity index (χ4n) is 0.925. The molecule has 0 radical (unpaired) electrons. The summed E-state index contributed by atoms with van der Waals surface area (Å²) in [5, 5.41) is 25.7. The zero-order valence-corrected chi connectivity index (χ0v) is 7.54. The van der Waals surface area contributed by atoms with E-state index in [1.807, 2.05) is 0 Å². The maximum atomic E-state index is 11.9. The molecule has 14 heavy (non-hydrogen) atoms. The largest absolute Gasteiger partial charge is 0.415 e. The molecule has 0 aliphatic carbocycles. The summed E-state index contributed by atoms with van der Waals surface area (Å²) in [6.07, 6.45) is -7.11. The fraction of sp³-hybridized carbons (Fsp3) is 1.00. The first-order valence-electron chi connectivity index (χ1n) is 4.10. The van der Waals surface area contributed by atoms with Crippen LogP contribution in [0, 0.1) is 0 Å². The molecule has 0 bridgehead atoms. The Hall–Kier alpha value is -0.370. The molecule has 0 fully saturated rings. The van der Waals surface area contributed by atoms with Crippen molar-refractivity contribution in [1.82, 2.24) is 4.90 Å². The van der Waals surface area contributed by atoms with E-state index in [9.17, 15) is 13.2 Å². The molecule has 0 aliphatic rings. The van der Waals surface area contributed by atoms with Crippen LogP contribution >= 0.6 is 0 Å². The molecule has 7 heteroatoms. The number of alkyl halides is 3. The first kappa shape index (κ1) is 13.6. The summed E-state index contributed by atoms with van der Waals surface area (Å²) in [6, 6.07) is 0. The van der Waals surface area contributed by atoms with Gasteiger partial charge in [0, 0.05) is 19.6 Å². The molecule has 0 rings (SSSR count). The number of aliphatic hydroxyl groups excluding tert-OH is 3. The van der Waals surface area contributed by atoms with Crippen molar-refractivity contribution in [2.45, 2.75) is 12.3 Å². The Balaban J connectivity index is 4.01. The second-order valence-corrected chi connectivity index (χ2v) is 2.81. The second kappa shape index (κ2) is 6.18. The lowest BCUT2D eigenvalue weighted by atomic mass is 10.3. The molecule has 0 saturated carbocycles. The highest BCUT2D eigenvalue weighted by Gasteiger charge is 2.38. The molecule has 86 valence electrons. The minimum atomic E-state index is -4.66. The van der Waals surface area contributed by atoms with Crippen LogP contribution in [0.15, 0.2) is 0 Å². The highest BCUT2D eigenvalue weighted by Crippen LogP contribution is 2.20. The zero-order valence-electron chi connectivity index (χ0n) is 7.54. The highest BCUT2D eigenvalue weighted by molar-refractivity contribution is 4.70. The fourth-order valence-corrected chi connectivity index (χ4v) is 0.925. The normalized spacial score (nSPS) is 14.8. The lowest BCUT2D eigenvalue weighted by Crippen LogP contribution is -2.43. The first-order chi connectivity index (χ1) is 6.41. The Labute approximate surface area is 79.6 Å². The van der Waals surface area contributed by atoms with Gasteiger partial charge in [-0.15, -0.1) is 0 Å². The summed E-state index contributed by atoms with van der Waals surface area (Å²) in [6.45, 7) is -1.28. The van der Waals surface area contributed by atoms with E-state index >= 15 is 0 Å². The van der Waals surface area contributed by atoms with Crippen LogP contribution in [0.2, 0.25) is 0 Å². The van der Waals surface area contributed by atoms with Gasteiger partial charge < -0.3 is 15.3 Å². The Morgan fingerprint density at radius 1 is 1.07 bits per heavy atom. The first-order valence-corrected chi connectivity index (χ1v) is 4.10. The van der Waals surface area contributed by atoms with Gasteiger partial charge in [0.15, 0.2) is 6.10 Å². The summed E-state index contributed by atoms with van der Waals surface area (Å²) in [7, 11) is 0. The van der Waals surface area contributed by atoms with Crippen LogP contribution in [0.5, 0.6) is 0 Å². The average Bonchev–Trinajstić information content (AvgIpc) is 2.03. The zero-order chi connectivity index (χ0) is 11.2. The predicted molar refractivity (Wildman–Crippen MR) is 42.7 cm³/mol. The number of rotatable bonds is 6. The van der Waals surface area contributed by atoms with Crippen LogP contribution < -0.4 is 0 Å². The van der Waals surface area contributed by atoms with Crippen LogP contribution in [0.1, 0.15) is 0 Å². The molecule has 0 spiro atoms. The Morgan fingerprint density at radius 2 is 1.50 bits per heavy atom. The van der Waals surface area contributed by atoms with Crippen molar-refractivity contribution in [2.24, 2.45) is 0 Å². The lowest BCUT2D eigenvalue weighted by molar-refractivity contribution is -0.208. The van der Waals surface area contributed by atoms with E-state index in [0.717, 1.165) is 4.90 Å². The smallest absolute Gasteiger partial charge is 0.395 e. The van der Waals surface area contributed by atoms with Crippen molar-refractivity contribution in [3.8, 4) is 0 Å². The minimum absolute atomic E-state index is 0.00625. The van der Waals surface area contributed by atoms with Crippen molar-refractivity contribution >= 4 is 0 Å². The molecule has 0 aromatic rings. The summed E-state index contributed by atoms with van der Waals surface area (Å²) in [4.78, 5) is 1.14. The quantitative estimate of drug-likeness (QED) is 0.545. The van der Waals surface area contributed by atoms with Crippen molar-refractivity contribution in [3.63, 3.8) is 0 Å². The molecule has 0 amide bonds. The molecule has 0 aromatic carbocycles. The van der Waals surface area contributed by atoms with Crippen LogP contribution in [0.4, 0.5) is 13.2 Å². The molecular weight excluding hydrogens is 203 g/mol. The molecule has 3 N–H and O–H groups in total. The van der Waals surface area contributed by atoms with Crippen LogP contribution in [-0.4, -0.2) is 65.3 Å². The topological polar surface area (TPSA) is 63.9 Å². The molecule has 0 saturated heterocycles. The van der Waals surface area contributed by atoms with Crippen molar-refractivity contribution in [1.29, 1.82) is 0 Å². The van der Waals surface area contributed by atoms with Gasteiger partial charge in [-0.25, -0.2) is 0 Å². The third-order valence-corrected chi connectivity index (χ3v) is 1.64. The van der Waals surface area contributed by atoms with Gasteiger partial charge in [0.1, 0.15) is 0 Å². The minimum Gasteiger partial charge on any atom is -0.395 e. The van der Waals surface area contributed by atoms with E-state index in [2.05, 4.69) is 0 Å². The van der Waals surface area contributed by atoms with E-state index in [0.29, 0.717) is 0 Å². The summed E-state index contributed by atoms with van der Waals surface area (Å²) in [5.41, 5.74) is 0. The van der Waals surface area contributed by atoms with E-state index < -0.39 is 18.8 Å². The van der Waals surface area contributed by atoms with Gasteiger partial charge in [0.2, 0.25) is 0 Å². The number of aliphatic hydroxyl groups is 3. The van der Waals surface area contributed by atoms with E-state index in [-0.39, 0.29) is 26.3 Å². The van der Waals surface area contributed by atoms with E-state index in [1.165, 1.54) is 0 Å². The maximum absolute atomic E-state index is 11.9. The molecule has 4 nitrogen and oxygen atoms in total. The van der Waals surface area contributed by atoms with Crippen LogP contribution in [0.25, 0.3) is 0 Å². The van der Waals surface area contributed by atoms with Crippen molar-refractivity contribution in [2.75, 3.05) is 32.8 Å². The average molecular weight is 217 g/mol. The van der Waals surface area contributed by atoms with Gasteiger partial charge in [-0.2, -0.15) is 13.2 Å². The number of halogens is 3. The Morgan fingerprint density at radius 3 is 1.79 bits per heavy atom.